The largest absolute Gasteiger partial charge is 0.497 e. The third-order valence-corrected chi connectivity index (χ3v) is 6.23. The summed E-state index contributed by atoms with van der Waals surface area (Å²) in [6.45, 7) is 0.700. The fraction of sp³-hybridized carbons (Fsp3) is 0.409. The number of aromatic nitrogens is 6. The minimum absolute atomic E-state index is 0.0109. The zero-order valence-corrected chi connectivity index (χ0v) is 17.6. The SMILES string of the molecule is COc1ccc2c(c1)n(CC1CCC(c3nnc(-c4ccncn4)o3)CC1)c(=O)n2C. The van der Waals surface area contributed by atoms with E-state index in [2.05, 4.69) is 20.2 Å². The second-order valence-electron chi connectivity index (χ2n) is 8.06. The second-order valence-corrected chi connectivity index (χ2v) is 8.06. The van der Waals surface area contributed by atoms with Crippen LogP contribution in [0.5, 0.6) is 5.75 Å². The van der Waals surface area contributed by atoms with Gasteiger partial charge in [0.25, 0.3) is 5.89 Å². The molecule has 0 amide bonds. The Labute approximate surface area is 178 Å². The van der Waals surface area contributed by atoms with Gasteiger partial charge in [0.1, 0.15) is 17.8 Å². The lowest BCUT2D eigenvalue weighted by Crippen LogP contribution is -2.27. The van der Waals surface area contributed by atoms with Crippen molar-refractivity contribution in [3.05, 3.63) is 53.2 Å². The van der Waals surface area contributed by atoms with Gasteiger partial charge in [0, 0.05) is 31.8 Å². The Hall–Kier alpha value is -3.49. The van der Waals surface area contributed by atoms with Gasteiger partial charge >= 0.3 is 5.69 Å². The number of benzene rings is 1. The molecule has 1 saturated carbocycles. The van der Waals surface area contributed by atoms with Gasteiger partial charge < -0.3 is 9.15 Å². The van der Waals surface area contributed by atoms with Crippen LogP contribution in [0.15, 0.2) is 46.0 Å². The van der Waals surface area contributed by atoms with E-state index in [4.69, 9.17) is 9.15 Å². The molecule has 4 aromatic rings. The summed E-state index contributed by atoms with van der Waals surface area (Å²) in [5.74, 6) is 2.51. The molecular formula is C22H24N6O3. The van der Waals surface area contributed by atoms with Gasteiger partial charge in [-0.05, 0) is 49.8 Å². The molecule has 9 nitrogen and oxygen atoms in total. The molecule has 160 valence electrons. The molecular weight excluding hydrogens is 396 g/mol. The Morgan fingerprint density at radius 2 is 1.97 bits per heavy atom. The van der Waals surface area contributed by atoms with Crippen LogP contribution in [0, 0.1) is 5.92 Å². The maximum atomic E-state index is 12.8. The van der Waals surface area contributed by atoms with E-state index >= 15 is 0 Å². The molecule has 3 heterocycles. The average molecular weight is 420 g/mol. The number of rotatable bonds is 5. The molecule has 1 aromatic carbocycles. The molecule has 5 rings (SSSR count). The standard InChI is InChI=1S/C22H24N6O3/c1-27-18-8-7-16(30-2)11-19(18)28(22(27)29)12-14-3-5-15(6-4-14)20-25-26-21(31-20)17-9-10-23-13-24-17/h7-11,13-15H,3-6,12H2,1-2H3. The van der Waals surface area contributed by atoms with E-state index in [0.29, 0.717) is 29.9 Å². The molecule has 0 spiro atoms. The lowest BCUT2D eigenvalue weighted by atomic mass is 9.82. The predicted octanol–water partition coefficient (Wildman–Crippen LogP) is 3.16. The molecule has 0 aliphatic heterocycles. The smallest absolute Gasteiger partial charge is 0.328 e. The maximum absolute atomic E-state index is 12.8. The second kappa shape index (κ2) is 7.98. The highest BCUT2D eigenvalue weighted by molar-refractivity contribution is 5.77. The third-order valence-electron chi connectivity index (χ3n) is 6.23. The molecule has 0 radical (unpaired) electrons. The minimum atomic E-state index is 0.0109. The van der Waals surface area contributed by atoms with Crippen LogP contribution < -0.4 is 10.4 Å². The van der Waals surface area contributed by atoms with Crippen molar-refractivity contribution in [3.8, 4) is 17.3 Å². The highest BCUT2D eigenvalue weighted by Gasteiger charge is 2.28. The van der Waals surface area contributed by atoms with E-state index in [-0.39, 0.29) is 11.6 Å². The summed E-state index contributed by atoms with van der Waals surface area (Å²) in [6, 6.07) is 7.52. The van der Waals surface area contributed by atoms with Crippen LogP contribution in [-0.4, -0.2) is 36.4 Å². The number of ether oxygens (including phenoxy) is 1. The topological polar surface area (TPSA) is 101 Å². The minimum Gasteiger partial charge on any atom is -0.497 e. The number of fused-ring (bicyclic) bond motifs is 1. The van der Waals surface area contributed by atoms with Crippen molar-refractivity contribution in [2.75, 3.05) is 7.11 Å². The molecule has 3 aromatic heterocycles. The fourth-order valence-corrected chi connectivity index (χ4v) is 4.46. The maximum Gasteiger partial charge on any atom is 0.328 e. The molecule has 1 fully saturated rings. The van der Waals surface area contributed by atoms with Crippen molar-refractivity contribution in [1.82, 2.24) is 29.3 Å². The van der Waals surface area contributed by atoms with Crippen molar-refractivity contribution in [2.45, 2.75) is 38.1 Å². The van der Waals surface area contributed by atoms with Gasteiger partial charge in [-0.1, -0.05) is 0 Å². The number of methoxy groups -OCH3 is 1. The number of hydrogen-bond acceptors (Lipinski definition) is 7. The van der Waals surface area contributed by atoms with Gasteiger partial charge in [-0.15, -0.1) is 10.2 Å². The van der Waals surface area contributed by atoms with Crippen LogP contribution in [0.25, 0.3) is 22.6 Å². The van der Waals surface area contributed by atoms with E-state index in [1.165, 1.54) is 6.33 Å². The first-order valence-corrected chi connectivity index (χ1v) is 10.5. The Balaban J connectivity index is 1.29. The van der Waals surface area contributed by atoms with Crippen molar-refractivity contribution < 1.29 is 9.15 Å². The fourth-order valence-electron chi connectivity index (χ4n) is 4.46. The van der Waals surface area contributed by atoms with Crippen LogP contribution in [-0.2, 0) is 13.6 Å². The van der Waals surface area contributed by atoms with Crippen molar-refractivity contribution >= 4 is 11.0 Å². The Morgan fingerprint density at radius 3 is 2.71 bits per heavy atom. The summed E-state index contributed by atoms with van der Waals surface area (Å²) < 4.78 is 14.8. The van der Waals surface area contributed by atoms with Gasteiger partial charge in [0.05, 0.1) is 18.1 Å². The highest BCUT2D eigenvalue weighted by atomic mass is 16.5. The molecule has 0 saturated heterocycles. The molecule has 0 N–H and O–H groups in total. The van der Waals surface area contributed by atoms with Gasteiger partial charge in [-0.3, -0.25) is 9.13 Å². The Bertz CT molecular complexity index is 1250. The van der Waals surface area contributed by atoms with Crippen molar-refractivity contribution in [2.24, 2.45) is 13.0 Å². The summed E-state index contributed by atoms with van der Waals surface area (Å²) in [4.78, 5) is 20.9. The lowest BCUT2D eigenvalue weighted by Gasteiger charge is -2.26. The molecule has 1 aliphatic rings. The van der Waals surface area contributed by atoms with E-state index in [0.717, 1.165) is 42.5 Å². The first-order valence-electron chi connectivity index (χ1n) is 10.5. The third kappa shape index (κ3) is 3.60. The monoisotopic (exact) mass is 420 g/mol. The molecule has 1 aliphatic carbocycles. The van der Waals surface area contributed by atoms with Gasteiger partial charge in [-0.2, -0.15) is 0 Å². The van der Waals surface area contributed by atoms with Gasteiger partial charge in [-0.25, -0.2) is 14.8 Å². The summed E-state index contributed by atoms with van der Waals surface area (Å²) in [5, 5.41) is 8.40. The van der Waals surface area contributed by atoms with Crippen LogP contribution in [0.4, 0.5) is 0 Å². The zero-order chi connectivity index (χ0) is 21.4. The van der Waals surface area contributed by atoms with Crippen molar-refractivity contribution in [1.29, 1.82) is 0 Å². The summed E-state index contributed by atoms with van der Waals surface area (Å²) in [7, 11) is 3.46. The highest BCUT2D eigenvalue weighted by Crippen LogP contribution is 2.36. The summed E-state index contributed by atoms with van der Waals surface area (Å²) in [5.41, 5.74) is 2.48. The number of nitrogens with zero attached hydrogens (tertiary/aromatic N) is 6. The predicted molar refractivity (Wildman–Crippen MR) is 114 cm³/mol. The quantitative estimate of drug-likeness (QED) is 0.489. The zero-order valence-electron chi connectivity index (χ0n) is 17.6. The van der Waals surface area contributed by atoms with Crippen LogP contribution in [0.3, 0.4) is 0 Å². The molecule has 9 heteroatoms. The molecule has 0 bridgehead atoms. The number of aryl methyl sites for hydroxylation is 1. The van der Waals surface area contributed by atoms with Crippen molar-refractivity contribution in [3.63, 3.8) is 0 Å². The van der Waals surface area contributed by atoms with E-state index < -0.39 is 0 Å². The first kappa shape index (κ1) is 19.5. The van der Waals surface area contributed by atoms with Crippen LogP contribution in [0.1, 0.15) is 37.5 Å². The van der Waals surface area contributed by atoms with Gasteiger partial charge in [0.15, 0.2) is 0 Å². The number of hydrogen-bond donors (Lipinski definition) is 0. The molecule has 0 atom stereocenters. The Kier molecular flexibility index (Phi) is 5.01. The lowest BCUT2D eigenvalue weighted by molar-refractivity contribution is 0.270. The molecule has 31 heavy (non-hydrogen) atoms. The van der Waals surface area contributed by atoms with Crippen LogP contribution in [0.2, 0.25) is 0 Å². The van der Waals surface area contributed by atoms with E-state index in [9.17, 15) is 4.79 Å². The summed E-state index contributed by atoms with van der Waals surface area (Å²) >= 11 is 0. The van der Waals surface area contributed by atoms with Gasteiger partial charge in [0.2, 0.25) is 5.89 Å². The average Bonchev–Trinajstić information content (AvgIpc) is 3.40. The normalized spacial score (nSPS) is 19.0. The Morgan fingerprint density at radius 1 is 1.13 bits per heavy atom. The number of imidazole rings is 1. The first-order chi connectivity index (χ1) is 15.1. The van der Waals surface area contributed by atoms with E-state index in [1.54, 1.807) is 23.9 Å². The molecule has 0 unspecified atom stereocenters. The summed E-state index contributed by atoms with van der Waals surface area (Å²) in [6.07, 6.45) is 7.04. The van der Waals surface area contributed by atoms with E-state index in [1.807, 2.05) is 29.8 Å². The van der Waals surface area contributed by atoms with Crippen LogP contribution >= 0.6 is 0 Å².